The van der Waals surface area contributed by atoms with E-state index in [9.17, 15) is 4.79 Å². The summed E-state index contributed by atoms with van der Waals surface area (Å²) in [5, 5.41) is 0. The second kappa shape index (κ2) is 9.23. The number of hydrogen-bond acceptors (Lipinski definition) is 4. The smallest absolute Gasteiger partial charge is 0.330 e. The predicted octanol–water partition coefficient (Wildman–Crippen LogP) is 5.64. The van der Waals surface area contributed by atoms with Gasteiger partial charge in [0.15, 0.2) is 0 Å². The maximum Gasteiger partial charge on any atom is 0.330 e. The molecule has 0 unspecified atom stereocenters. The highest BCUT2D eigenvalue weighted by Gasteiger charge is 2.23. The van der Waals surface area contributed by atoms with E-state index in [1.54, 1.807) is 6.08 Å². The van der Waals surface area contributed by atoms with E-state index in [-0.39, 0.29) is 5.97 Å². The molecule has 0 bridgehead atoms. The van der Waals surface area contributed by atoms with E-state index in [1.807, 2.05) is 25.1 Å². The second-order valence-corrected chi connectivity index (χ2v) is 17.2. The van der Waals surface area contributed by atoms with Crippen molar-refractivity contribution in [2.45, 2.75) is 52.6 Å². The zero-order valence-corrected chi connectivity index (χ0v) is 19.1. The van der Waals surface area contributed by atoms with Crippen LogP contribution in [0.4, 0.5) is 0 Å². The van der Waals surface area contributed by atoms with Crippen LogP contribution in [0.3, 0.4) is 0 Å². The average molecular weight is 393 g/mol. The molecule has 0 spiro atoms. The molecule has 0 saturated heterocycles. The third-order valence-corrected chi connectivity index (χ3v) is 4.65. The van der Waals surface area contributed by atoms with Gasteiger partial charge in [0.05, 0.1) is 6.61 Å². The first kappa shape index (κ1) is 22.2. The molecule has 1 aromatic rings. The van der Waals surface area contributed by atoms with Gasteiger partial charge in [-0.2, -0.15) is 0 Å². The zero-order valence-electron chi connectivity index (χ0n) is 17.1. The van der Waals surface area contributed by atoms with Crippen LogP contribution < -0.4 is 8.85 Å². The Labute approximate surface area is 160 Å². The van der Waals surface area contributed by atoms with Crippen LogP contribution in [0.1, 0.15) is 18.9 Å². The fourth-order valence-electron chi connectivity index (χ4n) is 1.99. The van der Waals surface area contributed by atoms with Crippen molar-refractivity contribution in [3.63, 3.8) is 0 Å². The number of benzene rings is 1. The van der Waals surface area contributed by atoms with Crippen LogP contribution in [0.5, 0.6) is 11.5 Å². The number of rotatable bonds is 9. The standard InChI is InChI=1S/C20H32O4Si2/c1-16(2)13-14-22-20(21)12-10-17-9-11-18(23-25(3,4)5)19(15-17)24-26(6,7)8/h9-12,15H,1,13-14H2,2-8H3/b12-10+. The van der Waals surface area contributed by atoms with E-state index in [4.69, 9.17) is 13.6 Å². The zero-order chi connectivity index (χ0) is 20.0. The van der Waals surface area contributed by atoms with Crippen LogP contribution in [0.25, 0.3) is 6.08 Å². The van der Waals surface area contributed by atoms with Gasteiger partial charge in [-0.05, 0) is 70.0 Å². The van der Waals surface area contributed by atoms with Gasteiger partial charge in [0, 0.05) is 12.5 Å². The second-order valence-electron chi connectivity index (χ2n) is 8.34. The lowest BCUT2D eigenvalue weighted by Gasteiger charge is -2.26. The number of ether oxygens (including phenoxy) is 1. The lowest BCUT2D eigenvalue weighted by molar-refractivity contribution is -0.137. The molecule has 0 aliphatic heterocycles. The molecule has 0 saturated carbocycles. The monoisotopic (exact) mass is 392 g/mol. The van der Waals surface area contributed by atoms with E-state index in [0.717, 1.165) is 22.6 Å². The van der Waals surface area contributed by atoms with Crippen LogP contribution >= 0.6 is 0 Å². The fourth-order valence-corrected chi connectivity index (χ4v) is 3.64. The Morgan fingerprint density at radius 3 is 2.15 bits per heavy atom. The van der Waals surface area contributed by atoms with Gasteiger partial charge < -0.3 is 13.6 Å². The number of carbonyl (C=O) groups is 1. The van der Waals surface area contributed by atoms with Gasteiger partial charge in [-0.1, -0.05) is 11.6 Å². The fraction of sp³-hybridized carbons (Fsp3) is 0.450. The largest absolute Gasteiger partial charge is 0.542 e. The lowest BCUT2D eigenvalue weighted by Crippen LogP contribution is -2.32. The van der Waals surface area contributed by atoms with Gasteiger partial charge >= 0.3 is 5.97 Å². The first-order valence-electron chi connectivity index (χ1n) is 8.87. The summed E-state index contributed by atoms with van der Waals surface area (Å²) in [7, 11) is -3.54. The molecular formula is C20H32O4Si2. The maximum atomic E-state index is 11.8. The Morgan fingerprint density at radius 1 is 1.04 bits per heavy atom. The van der Waals surface area contributed by atoms with Crippen molar-refractivity contribution < 1.29 is 18.4 Å². The minimum absolute atomic E-state index is 0.353. The summed E-state index contributed by atoms with van der Waals surface area (Å²) in [4.78, 5) is 11.8. The molecule has 0 fully saturated rings. The van der Waals surface area contributed by atoms with Gasteiger partial charge in [-0.25, -0.2) is 4.79 Å². The van der Waals surface area contributed by atoms with Crippen LogP contribution in [0, 0.1) is 0 Å². The molecule has 0 heterocycles. The van der Waals surface area contributed by atoms with E-state index in [1.165, 1.54) is 6.08 Å². The van der Waals surface area contributed by atoms with Crippen molar-refractivity contribution in [1.82, 2.24) is 0 Å². The summed E-state index contributed by atoms with van der Waals surface area (Å²) >= 11 is 0. The summed E-state index contributed by atoms with van der Waals surface area (Å²) in [6, 6.07) is 5.76. The summed E-state index contributed by atoms with van der Waals surface area (Å²) in [6.07, 6.45) is 3.85. The van der Waals surface area contributed by atoms with Crippen LogP contribution in [-0.4, -0.2) is 29.2 Å². The Kier molecular flexibility index (Phi) is 7.90. The van der Waals surface area contributed by atoms with E-state index in [0.29, 0.717) is 13.0 Å². The predicted molar refractivity (Wildman–Crippen MR) is 114 cm³/mol. The van der Waals surface area contributed by atoms with E-state index >= 15 is 0 Å². The molecular weight excluding hydrogens is 360 g/mol. The summed E-state index contributed by atoms with van der Waals surface area (Å²) in [5.41, 5.74) is 1.87. The first-order valence-corrected chi connectivity index (χ1v) is 15.7. The number of hydrogen-bond donors (Lipinski definition) is 0. The highest BCUT2D eigenvalue weighted by Crippen LogP contribution is 2.33. The van der Waals surface area contributed by atoms with Gasteiger partial charge in [0.2, 0.25) is 16.6 Å². The highest BCUT2D eigenvalue weighted by molar-refractivity contribution is 6.71. The quantitative estimate of drug-likeness (QED) is 0.236. The van der Waals surface area contributed by atoms with Crippen LogP contribution in [0.15, 0.2) is 36.4 Å². The first-order chi connectivity index (χ1) is 11.9. The summed E-state index contributed by atoms with van der Waals surface area (Å²) in [5.74, 6) is 1.15. The normalized spacial score (nSPS) is 12.1. The molecule has 0 aliphatic carbocycles. The van der Waals surface area contributed by atoms with Crippen molar-refractivity contribution in [3.05, 3.63) is 42.0 Å². The van der Waals surface area contributed by atoms with E-state index in [2.05, 4.69) is 45.9 Å². The Hall–Kier alpha value is -1.80. The third kappa shape index (κ3) is 9.63. The molecule has 0 amide bonds. The summed E-state index contributed by atoms with van der Waals surface area (Å²) in [6.45, 7) is 18.9. The van der Waals surface area contributed by atoms with E-state index < -0.39 is 16.6 Å². The molecule has 4 nitrogen and oxygen atoms in total. The molecule has 0 aromatic heterocycles. The van der Waals surface area contributed by atoms with Gasteiger partial charge in [-0.3, -0.25) is 0 Å². The molecule has 26 heavy (non-hydrogen) atoms. The molecule has 1 rings (SSSR count). The van der Waals surface area contributed by atoms with Crippen molar-refractivity contribution in [1.29, 1.82) is 0 Å². The Morgan fingerprint density at radius 2 is 1.62 bits per heavy atom. The van der Waals surface area contributed by atoms with Crippen molar-refractivity contribution in [2.75, 3.05) is 6.61 Å². The van der Waals surface area contributed by atoms with Crippen molar-refractivity contribution >= 4 is 28.7 Å². The minimum atomic E-state index is -1.79. The molecule has 0 atom stereocenters. The third-order valence-electron chi connectivity index (χ3n) is 2.99. The Balaban J connectivity index is 2.92. The average Bonchev–Trinajstić information content (AvgIpc) is 2.44. The lowest BCUT2D eigenvalue weighted by atomic mass is 10.2. The van der Waals surface area contributed by atoms with Gasteiger partial charge in [-0.15, -0.1) is 6.58 Å². The SMILES string of the molecule is C=C(C)CCOC(=O)/C=C/c1ccc(O[Si](C)(C)C)c(O[Si](C)(C)C)c1. The minimum Gasteiger partial charge on any atom is -0.542 e. The molecule has 0 N–H and O–H groups in total. The molecule has 0 radical (unpaired) electrons. The number of carbonyl (C=O) groups excluding carboxylic acids is 1. The summed E-state index contributed by atoms with van der Waals surface area (Å²) < 4.78 is 17.5. The maximum absolute atomic E-state index is 11.8. The number of esters is 1. The van der Waals surface area contributed by atoms with Gasteiger partial charge in [0.1, 0.15) is 11.5 Å². The van der Waals surface area contributed by atoms with Gasteiger partial charge in [0.25, 0.3) is 0 Å². The van der Waals surface area contributed by atoms with Crippen LogP contribution in [0.2, 0.25) is 39.3 Å². The molecule has 6 heteroatoms. The molecule has 1 aromatic carbocycles. The molecule has 144 valence electrons. The molecule has 0 aliphatic rings. The Bertz CT molecular complexity index is 667. The van der Waals surface area contributed by atoms with Crippen LogP contribution in [-0.2, 0) is 9.53 Å². The topological polar surface area (TPSA) is 44.8 Å². The van der Waals surface area contributed by atoms with Crippen molar-refractivity contribution in [2.24, 2.45) is 0 Å². The highest BCUT2D eigenvalue weighted by atomic mass is 28.4. The van der Waals surface area contributed by atoms with Crippen molar-refractivity contribution in [3.8, 4) is 11.5 Å².